The molecule has 3 heterocycles. The van der Waals surface area contributed by atoms with E-state index in [0.717, 1.165) is 28.3 Å². The molecule has 1 aliphatic heterocycles. The van der Waals surface area contributed by atoms with Gasteiger partial charge in [-0.05, 0) is 24.6 Å². The molecule has 9 nitrogen and oxygen atoms in total. The first-order valence-electron chi connectivity index (χ1n) is 10.5. The SMILES string of the molecule is COc1cccc(-c2cnc(N(C)C)nc2[C@@H]2CN(C(=O)c3cnn(C)c3C)CCO2)c1. The molecule has 0 aliphatic carbocycles. The second kappa shape index (κ2) is 8.96. The third-order valence-corrected chi connectivity index (χ3v) is 5.71. The van der Waals surface area contributed by atoms with Crippen LogP contribution < -0.4 is 9.64 Å². The van der Waals surface area contributed by atoms with Crippen LogP contribution in [0.15, 0.2) is 36.7 Å². The lowest BCUT2D eigenvalue weighted by Gasteiger charge is -2.33. The quantitative estimate of drug-likeness (QED) is 0.607. The molecule has 1 saturated heterocycles. The van der Waals surface area contributed by atoms with E-state index < -0.39 is 0 Å². The lowest BCUT2D eigenvalue weighted by Crippen LogP contribution is -2.42. The number of methoxy groups -OCH3 is 1. The minimum absolute atomic E-state index is 0.0475. The molecule has 0 radical (unpaired) electrons. The highest BCUT2D eigenvalue weighted by Gasteiger charge is 2.31. The molecule has 1 fully saturated rings. The van der Waals surface area contributed by atoms with Gasteiger partial charge in [0.1, 0.15) is 11.9 Å². The number of benzene rings is 1. The number of aromatic nitrogens is 4. The summed E-state index contributed by atoms with van der Waals surface area (Å²) in [4.78, 5) is 26.2. The Morgan fingerprint density at radius 3 is 2.78 bits per heavy atom. The van der Waals surface area contributed by atoms with Gasteiger partial charge in [-0.25, -0.2) is 9.97 Å². The Bertz CT molecular complexity index is 1130. The van der Waals surface area contributed by atoms with E-state index in [0.29, 0.717) is 31.2 Å². The van der Waals surface area contributed by atoms with Crippen molar-refractivity contribution in [3.05, 3.63) is 53.6 Å². The van der Waals surface area contributed by atoms with Crippen LogP contribution in [0.3, 0.4) is 0 Å². The van der Waals surface area contributed by atoms with E-state index in [4.69, 9.17) is 14.5 Å². The molecule has 3 aromatic rings. The number of carbonyl (C=O) groups excluding carboxylic acids is 1. The first-order chi connectivity index (χ1) is 15.4. The maximum Gasteiger partial charge on any atom is 0.257 e. The largest absolute Gasteiger partial charge is 0.497 e. The van der Waals surface area contributed by atoms with Crippen molar-refractivity contribution in [3.63, 3.8) is 0 Å². The molecule has 168 valence electrons. The fourth-order valence-electron chi connectivity index (χ4n) is 3.74. The molecule has 1 aliphatic rings. The number of anilines is 1. The molecule has 4 rings (SSSR count). The maximum absolute atomic E-state index is 13.2. The van der Waals surface area contributed by atoms with Gasteiger partial charge in [0.05, 0.1) is 37.7 Å². The number of carbonyl (C=O) groups is 1. The number of rotatable bonds is 5. The summed E-state index contributed by atoms with van der Waals surface area (Å²) in [7, 11) is 7.26. The van der Waals surface area contributed by atoms with Crippen molar-refractivity contribution in [2.45, 2.75) is 13.0 Å². The van der Waals surface area contributed by atoms with Crippen LogP contribution in [0.5, 0.6) is 5.75 Å². The van der Waals surface area contributed by atoms with Crippen molar-refractivity contribution < 1.29 is 14.3 Å². The molecule has 0 unspecified atom stereocenters. The fraction of sp³-hybridized carbons (Fsp3) is 0.391. The third-order valence-electron chi connectivity index (χ3n) is 5.71. The lowest BCUT2D eigenvalue weighted by atomic mass is 10.0. The van der Waals surface area contributed by atoms with Crippen molar-refractivity contribution in [2.75, 3.05) is 45.8 Å². The zero-order valence-corrected chi connectivity index (χ0v) is 19.1. The van der Waals surface area contributed by atoms with Crippen LogP contribution in [-0.4, -0.2) is 71.5 Å². The smallest absolute Gasteiger partial charge is 0.257 e. The van der Waals surface area contributed by atoms with Crippen molar-refractivity contribution in [1.29, 1.82) is 0 Å². The number of morpholine rings is 1. The Morgan fingerprint density at radius 1 is 1.28 bits per heavy atom. The summed E-state index contributed by atoms with van der Waals surface area (Å²) < 4.78 is 13.2. The summed E-state index contributed by atoms with van der Waals surface area (Å²) in [5.41, 5.74) is 3.98. The number of aryl methyl sites for hydroxylation is 1. The van der Waals surface area contributed by atoms with Gasteiger partial charge in [0.2, 0.25) is 5.95 Å². The van der Waals surface area contributed by atoms with Crippen molar-refractivity contribution in [3.8, 4) is 16.9 Å². The predicted molar refractivity (Wildman–Crippen MR) is 121 cm³/mol. The highest BCUT2D eigenvalue weighted by atomic mass is 16.5. The molecule has 1 aromatic carbocycles. The van der Waals surface area contributed by atoms with Crippen LogP contribution in [0.25, 0.3) is 11.1 Å². The van der Waals surface area contributed by atoms with Gasteiger partial charge < -0.3 is 19.3 Å². The van der Waals surface area contributed by atoms with E-state index in [9.17, 15) is 4.79 Å². The van der Waals surface area contributed by atoms with Crippen LogP contribution in [0.4, 0.5) is 5.95 Å². The molecule has 2 aromatic heterocycles. The van der Waals surface area contributed by atoms with Crippen LogP contribution in [0, 0.1) is 6.92 Å². The molecular weight excluding hydrogens is 408 g/mol. The summed E-state index contributed by atoms with van der Waals surface area (Å²) in [5, 5.41) is 4.21. The summed E-state index contributed by atoms with van der Waals surface area (Å²) in [5.74, 6) is 1.29. The van der Waals surface area contributed by atoms with Crippen LogP contribution >= 0.6 is 0 Å². The minimum atomic E-state index is -0.382. The van der Waals surface area contributed by atoms with Gasteiger partial charge in [0, 0.05) is 45.1 Å². The number of amides is 1. The van der Waals surface area contributed by atoms with Gasteiger partial charge in [-0.1, -0.05) is 12.1 Å². The zero-order chi connectivity index (χ0) is 22.8. The van der Waals surface area contributed by atoms with E-state index in [1.165, 1.54) is 0 Å². The minimum Gasteiger partial charge on any atom is -0.497 e. The summed E-state index contributed by atoms with van der Waals surface area (Å²) >= 11 is 0. The first-order valence-corrected chi connectivity index (χ1v) is 10.5. The summed E-state index contributed by atoms with van der Waals surface area (Å²) in [6, 6.07) is 7.76. The summed E-state index contributed by atoms with van der Waals surface area (Å²) in [6.45, 7) is 3.24. The van der Waals surface area contributed by atoms with Crippen LogP contribution in [-0.2, 0) is 11.8 Å². The van der Waals surface area contributed by atoms with Crippen LogP contribution in [0.1, 0.15) is 27.8 Å². The standard InChI is InChI=1S/C23H28N6O3/c1-15-18(13-25-28(15)4)22(30)29-9-10-32-20(14-29)21-19(12-24-23(26-21)27(2)3)16-7-6-8-17(11-16)31-5/h6-8,11-13,20H,9-10,14H2,1-5H3/t20-/m0/s1. The van der Waals surface area contributed by atoms with E-state index in [-0.39, 0.29) is 12.0 Å². The molecule has 0 spiro atoms. The Labute approximate surface area is 187 Å². The monoisotopic (exact) mass is 436 g/mol. The predicted octanol–water partition coefficient (Wildman–Crippen LogP) is 2.47. The molecule has 0 N–H and O–H groups in total. The normalized spacial score (nSPS) is 16.2. The highest BCUT2D eigenvalue weighted by molar-refractivity contribution is 5.95. The maximum atomic E-state index is 13.2. The average Bonchev–Trinajstić information content (AvgIpc) is 3.16. The molecule has 32 heavy (non-hydrogen) atoms. The number of hydrogen-bond acceptors (Lipinski definition) is 7. The Hall–Kier alpha value is -3.46. The first kappa shape index (κ1) is 21.8. The van der Waals surface area contributed by atoms with Crippen molar-refractivity contribution >= 4 is 11.9 Å². The Morgan fingerprint density at radius 2 is 2.09 bits per heavy atom. The van der Waals surface area contributed by atoms with E-state index in [2.05, 4.69) is 10.1 Å². The molecule has 9 heteroatoms. The van der Waals surface area contributed by atoms with E-state index in [1.807, 2.05) is 68.3 Å². The zero-order valence-electron chi connectivity index (χ0n) is 19.1. The number of ether oxygens (including phenoxy) is 2. The van der Waals surface area contributed by atoms with Gasteiger partial charge >= 0.3 is 0 Å². The molecule has 1 atom stereocenters. The van der Waals surface area contributed by atoms with Crippen molar-refractivity contribution in [1.82, 2.24) is 24.6 Å². The fourth-order valence-corrected chi connectivity index (χ4v) is 3.74. The van der Waals surface area contributed by atoms with Gasteiger partial charge in [-0.15, -0.1) is 0 Å². The van der Waals surface area contributed by atoms with Gasteiger partial charge in [0.25, 0.3) is 5.91 Å². The van der Waals surface area contributed by atoms with E-state index in [1.54, 1.807) is 18.0 Å². The van der Waals surface area contributed by atoms with Crippen LogP contribution in [0.2, 0.25) is 0 Å². The molecule has 1 amide bonds. The summed E-state index contributed by atoms with van der Waals surface area (Å²) in [6.07, 6.45) is 3.05. The second-order valence-corrected chi connectivity index (χ2v) is 7.97. The third kappa shape index (κ3) is 4.16. The van der Waals surface area contributed by atoms with E-state index >= 15 is 0 Å². The van der Waals surface area contributed by atoms with Crippen molar-refractivity contribution in [2.24, 2.45) is 7.05 Å². The average molecular weight is 437 g/mol. The lowest BCUT2D eigenvalue weighted by molar-refractivity contribution is -0.0244. The molecular formula is C23H28N6O3. The van der Waals surface area contributed by atoms with Gasteiger partial charge in [-0.3, -0.25) is 9.48 Å². The second-order valence-electron chi connectivity index (χ2n) is 7.97. The number of hydrogen-bond donors (Lipinski definition) is 0. The van der Waals surface area contributed by atoms with Gasteiger partial charge in [-0.2, -0.15) is 5.10 Å². The Kier molecular flexibility index (Phi) is 6.09. The van der Waals surface area contributed by atoms with Gasteiger partial charge in [0.15, 0.2) is 0 Å². The molecule has 0 saturated carbocycles. The molecule has 0 bridgehead atoms. The number of nitrogens with zero attached hydrogens (tertiary/aromatic N) is 6. The Balaban J connectivity index is 1.70. The topological polar surface area (TPSA) is 85.6 Å². The highest BCUT2D eigenvalue weighted by Crippen LogP contribution is 2.33.